The first-order valence-corrected chi connectivity index (χ1v) is 10.8. The molecule has 0 saturated heterocycles. The van der Waals surface area contributed by atoms with Gasteiger partial charge in [0.15, 0.2) is 0 Å². The smallest absolute Gasteiger partial charge is 0.211 e. The summed E-state index contributed by atoms with van der Waals surface area (Å²) in [4.78, 5) is -0.00682. The van der Waals surface area contributed by atoms with E-state index in [1.54, 1.807) is 12.1 Å². The third-order valence-electron chi connectivity index (χ3n) is 4.33. The van der Waals surface area contributed by atoms with E-state index in [-0.39, 0.29) is 27.4 Å². The van der Waals surface area contributed by atoms with Crippen molar-refractivity contribution >= 4 is 33.2 Å². The average Bonchev–Trinajstić information content (AvgIpc) is 2.68. The summed E-state index contributed by atoms with van der Waals surface area (Å²) < 4.78 is 27.9. The van der Waals surface area contributed by atoms with Crippen molar-refractivity contribution in [3.05, 3.63) is 100 Å². The fraction of sp³-hybridized carbons (Fsp3) is 0.143. The molecule has 0 amide bonds. The second kappa shape index (κ2) is 8.89. The minimum atomic E-state index is -3.74. The summed E-state index contributed by atoms with van der Waals surface area (Å²) in [7, 11) is -3.74. The molecule has 0 atom stereocenters. The van der Waals surface area contributed by atoms with Gasteiger partial charge in [-0.3, -0.25) is 0 Å². The van der Waals surface area contributed by atoms with Gasteiger partial charge in [0.2, 0.25) is 10.0 Å². The van der Waals surface area contributed by atoms with E-state index in [1.165, 1.54) is 6.07 Å². The number of sulfonamides is 1. The lowest BCUT2D eigenvalue weighted by atomic mass is 9.89. The minimum Gasteiger partial charge on any atom is -0.211 e. The topological polar surface area (TPSA) is 46.2 Å². The van der Waals surface area contributed by atoms with Gasteiger partial charge in [-0.05, 0) is 29.7 Å². The number of benzene rings is 3. The lowest BCUT2D eigenvalue weighted by Crippen LogP contribution is -2.26. The Morgan fingerprint density at radius 2 is 1.33 bits per heavy atom. The van der Waals surface area contributed by atoms with Crippen LogP contribution < -0.4 is 4.72 Å². The third kappa shape index (κ3) is 4.90. The number of hydrogen-bond donors (Lipinski definition) is 1. The van der Waals surface area contributed by atoms with E-state index < -0.39 is 10.0 Å². The molecule has 0 radical (unpaired) electrons. The summed E-state index contributed by atoms with van der Waals surface area (Å²) >= 11 is 12.0. The lowest BCUT2D eigenvalue weighted by Gasteiger charge is -2.18. The molecule has 6 heteroatoms. The van der Waals surface area contributed by atoms with Crippen molar-refractivity contribution in [1.29, 1.82) is 0 Å². The molecule has 0 bridgehead atoms. The average molecular weight is 420 g/mol. The van der Waals surface area contributed by atoms with Crippen LogP contribution in [0.2, 0.25) is 10.0 Å². The molecule has 27 heavy (non-hydrogen) atoms. The predicted octanol–water partition coefficient (Wildman–Crippen LogP) is 5.49. The molecule has 140 valence electrons. The van der Waals surface area contributed by atoms with E-state index in [4.69, 9.17) is 23.2 Å². The molecule has 0 fully saturated rings. The Kier molecular flexibility index (Phi) is 6.55. The van der Waals surface area contributed by atoms with E-state index in [1.807, 2.05) is 36.4 Å². The van der Waals surface area contributed by atoms with Gasteiger partial charge in [-0.1, -0.05) is 89.9 Å². The van der Waals surface area contributed by atoms with Gasteiger partial charge < -0.3 is 0 Å². The van der Waals surface area contributed by atoms with Gasteiger partial charge in [-0.2, -0.15) is 0 Å². The normalized spacial score (nSPS) is 11.7. The summed E-state index contributed by atoms with van der Waals surface area (Å²) in [5.74, 6) is 0.0879. The Morgan fingerprint density at radius 1 is 0.778 bits per heavy atom. The Labute approximate surface area is 170 Å². The van der Waals surface area contributed by atoms with Crippen LogP contribution in [0.3, 0.4) is 0 Å². The maximum absolute atomic E-state index is 12.6. The van der Waals surface area contributed by atoms with Crippen LogP contribution in [-0.4, -0.2) is 15.0 Å². The minimum absolute atomic E-state index is 0.00682. The molecule has 0 saturated carbocycles. The molecule has 0 aromatic heterocycles. The Hall–Kier alpha value is -1.85. The molecule has 3 aromatic carbocycles. The van der Waals surface area contributed by atoms with Crippen LogP contribution in [0.4, 0.5) is 0 Å². The van der Waals surface area contributed by atoms with E-state index in [9.17, 15) is 8.42 Å². The van der Waals surface area contributed by atoms with Crippen molar-refractivity contribution in [2.45, 2.75) is 17.2 Å². The predicted molar refractivity (Wildman–Crippen MR) is 111 cm³/mol. The Morgan fingerprint density at radius 3 is 1.89 bits per heavy atom. The number of rotatable bonds is 7. The molecule has 3 nitrogen and oxygen atoms in total. The van der Waals surface area contributed by atoms with E-state index in [2.05, 4.69) is 29.0 Å². The first-order chi connectivity index (χ1) is 13.0. The van der Waals surface area contributed by atoms with Crippen molar-refractivity contribution in [3.63, 3.8) is 0 Å². The molecule has 0 aliphatic carbocycles. The monoisotopic (exact) mass is 419 g/mol. The second-order valence-electron chi connectivity index (χ2n) is 6.11. The molecular weight excluding hydrogens is 401 g/mol. The zero-order chi connectivity index (χ0) is 19.3. The fourth-order valence-corrected chi connectivity index (χ4v) is 4.81. The second-order valence-corrected chi connectivity index (χ2v) is 8.63. The van der Waals surface area contributed by atoms with Crippen molar-refractivity contribution in [3.8, 4) is 0 Å². The first kappa shape index (κ1) is 19.9. The standard InChI is InChI=1S/C21H19Cl2NO2S/c22-19-12-7-13-20(21(19)23)27(25,26)24-15-14-18(16-8-3-1-4-9-16)17-10-5-2-6-11-17/h1-13,18,24H,14-15H2. The molecule has 0 aliphatic rings. The summed E-state index contributed by atoms with van der Waals surface area (Å²) in [6.45, 7) is 0.277. The molecule has 3 aromatic rings. The summed E-state index contributed by atoms with van der Waals surface area (Å²) in [5.41, 5.74) is 2.28. The molecule has 0 aliphatic heterocycles. The molecular formula is C21H19Cl2NO2S. The SMILES string of the molecule is O=S(=O)(NCCC(c1ccccc1)c1ccccc1)c1cccc(Cl)c1Cl. The van der Waals surface area contributed by atoms with Gasteiger partial charge in [0.1, 0.15) is 4.90 Å². The zero-order valence-electron chi connectivity index (χ0n) is 14.5. The maximum Gasteiger partial charge on any atom is 0.242 e. The van der Waals surface area contributed by atoms with Crippen molar-refractivity contribution in [2.75, 3.05) is 6.54 Å². The van der Waals surface area contributed by atoms with Crippen LogP contribution in [-0.2, 0) is 10.0 Å². The highest BCUT2D eigenvalue weighted by atomic mass is 35.5. The van der Waals surface area contributed by atoms with Crippen LogP contribution >= 0.6 is 23.2 Å². The third-order valence-corrected chi connectivity index (χ3v) is 6.77. The van der Waals surface area contributed by atoms with Crippen LogP contribution in [0, 0.1) is 0 Å². The Bertz CT molecular complexity index is 954. The summed E-state index contributed by atoms with van der Waals surface area (Å²) in [5, 5.41) is 0.250. The summed E-state index contributed by atoms with van der Waals surface area (Å²) in [6, 6.07) is 24.7. The largest absolute Gasteiger partial charge is 0.242 e. The highest BCUT2D eigenvalue weighted by Crippen LogP contribution is 2.30. The van der Waals surface area contributed by atoms with Gasteiger partial charge in [0.05, 0.1) is 10.0 Å². The summed E-state index contributed by atoms with van der Waals surface area (Å²) in [6.07, 6.45) is 0.617. The van der Waals surface area contributed by atoms with Crippen LogP contribution in [0.1, 0.15) is 23.5 Å². The molecule has 3 rings (SSSR count). The molecule has 1 N–H and O–H groups in total. The highest BCUT2D eigenvalue weighted by molar-refractivity contribution is 7.89. The number of hydrogen-bond acceptors (Lipinski definition) is 2. The van der Waals surface area contributed by atoms with E-state index in [0.29, 0.717) is 6.42 Å². The Balaban J connectivity index is 1.77. The first-order valence-electron chi connectivity index (χ1n) is 8.52. The van der Waals surface area contributed by atoms with Crippen molar-refractivity contribution in [1.82, 2.24) is 4.72 Å². The van der Waals surface area contributed by atoms with Crippen molar-refractivity contribution < 1.29 is 8.42 Å². The lowest BCUT2D eigenvalue weighted by molar-refractivity contribution is 0.575. The van der Waals surface area contributed by atoms with Crippen molar-refractivity contribution in [2.24, 2.45) is 0 Å². The van der Waals surface area contributed by atoms with Crippen LogP contribution in [0.15, 0.2) is 83.8 Å². The quantitative estimate of drug-likeness (QED) is 0.549. The number of nitrogens with one attached hydrogen (secondary N) is 1. The molecule has 0 heterocycles. The van der Waals surface area contributed by atoms with Crippen LogP contribution in [0.5, 0.6) is 0 Å². The maximum atomic E-state index is 12.6. The van der Waals surface area contributed by atoms with Gasteiger partial charge in [-0.15, -0.1) is 0 Å². The molecule has 0 spiro atoms. The zero-order valence-corrected chi connectivity index (χ0v) is 16.8. The van der Waals surface area contributed by atoms with Gasteiger partial charge in [0, 0.05) is 12.5 Å². The number of halogens is 2. The van der Waals surface area contributed by atoms with Gasteiger partial charge in [-0.25, -0.2) is 13.1 Å². The fourth-order valence-electron chi connectivity index (χ4n) is 3.00. The van der Waals surface area contributed by atoms with E-state index >= 15 is 0 Å². The van der Waals surface area contributed by atoms with E-state index in [0.717, 1.165) is 11.1 Å². The van der Waals surface area contributed by atoms with Crippen LogP contribution in [0.25, 0.3) is 0 Å². The highest BCUT2D eigenvalue weighted by Gasteiger charge is 2.20. The molecule has 0 unspecified atom stereocenters. The van der Waals surface area contributed by atoms with Gasteiger partial charge in [0.25, 0.3) is 0 Å². The van der Waals surface area contributed by atoms with Gasteiger partial charge >= 0.3 is 0 Å².